The molecule has 0 bridgehead atoms. The van der Waals surface area contributed by atoms with Gasteiger partial charge in [-0.25, -0.2) is 0 Å². The molecule has 1 aromatic heterocycles. The molecule has 0 aliphatic carbocycles. The Morgan fingerprint density at radius 3 is 2.38 bits per heavy atom. The topological polar surface area (TPSA) is 64.7 Å². The Hall–Kier alpha value is -2.50. The zero-order valence-electron chi connectivity index (χ0n) is 17.1. The molecule has 1 aliphatic rings. The maximum Gasteiger partial charge on any atom is 0.264 e. The number of hydrogen-bond donors (Lipinski definition) is 2. The van der Waals surface area contributed by atoms with Crippen molar-refractivity contribution < 1.29 is 9.59 Å². The number of carbonyl (C=O) groups is 2. The molecule has 3 aromatic rings. The summed E-state index contributed by atoms with van der Waals surface area (Å²) in [5, 5.41) is 7.94. The quantitative estimate of drug-likeness (QED) is 0.355. The lowest BCUT2D eigenvalue weighted by molar-refractivity contribution is 0.0751. The lowest BCUT2D eigenvalue weighted by atomic mass is 10.2. The van der Waals surface area contributed by atoms with Crippen LogP contribution >= 0.6 is 46.1 Å². The van der Waals surface area contributed by atoms with Gasteiger partial charge in [-0.05, 0) is 88.7 Å². The molecule has 1 saturated heterocycles. The summed E-state index contributed by atoms with van der Waals surface area (Å²) in [7, 11) is 0. The number of carbonyl (C=O) groups excluding carboxylic acids is 2. The molecule has 1 aliphatic heterocycles. The summed E-state index contributed by atoms with van der Waals surface area (Å²) in [6, 6.07) is 19.0. The molecular weight excluding hydrogens is 555 g/mol. The van der Waals surface area contributed by atoms with Crippen molar-refractivity contribution in [3.05, 3.63) is 80.1 Å². The number of benzene rings is 2. The van der Waals surface area contributed by atoms with Gasteiger partial charge in [0.2, 0.25) is 0 Å². The fourth-order valence-corrected chi connectivity index (χ4v) is 4.89. The van der Waals surface area contributed by atoms with E-state index in [1.54, 1.807) is 12.1 Å². The summed E-state index contributed by atoms with van der Waals surface area (Å²) in [5.74, 6) is -0.132. The van der Waals surface area contributed by atoms with Crippen molar-refractivity contribution in [1.82, 2.24) is 10.2 Å². The van der Waals surface area contributed by atoms with Crippen molar-refractivity contribution in [1.29, 1.82) is 0 Å². The molecule has 0 radical (unpaired) electrons. The van der Waals surface area contributed by atoms with Crippen molar-refractivity contribution in [2.45, 2.75) is 0 Å². The third-order valence-corrected chi connectivity index (χ3v) is 6.84. The second-order valence-corrected chi connectivity index (χ2v) is 9.82. The molecule has 4 rings (SSSR count). The predicted molar refractivity (Wildman–Crippen MR) is 142 cm³/mol. The van der Waals surface area contributed by atoms with Gasteiger partial charge >= 0.3 is 0 Å². The van der Waals surface area contributed by atoms with Gasteiger partial charge in [-0.3, -0.25) is 14.9 Å². The molecule has 6 nitrogen and oxygen atoms in total. The van der Waals surface area contributed by atoms with Crippen LogP contribution in [0, 0.1) is 3.57 Å². The summed E-state index contributed by atoms with van der Waals surface area (Å²) < 4.78 is 0.987. The monoisotopic (exact) mass is 576 g/mol. The van der Waals surface area contributed by atoms with Gasteiger partial charge in [-0.2, -0.15) is 0 Å². The maximum absolute atomic E-state index is 12.5. The van der Waals surface area contributed by atoms with Crippen LogP contribution in [0.3, 0.4) is 0 Å². The highest BCUT2D eigenvalue weighted by atomic mass is 127. The summed E-state index contributed by atoms with van der Waals surface area (Å²) in [6.07, 6.45) is 0. The number of piperazine rings is 1. The third kappa shape index (κ3) is 5.64. The Balaban J connectivity index is 1.28. The van der Waals surface area contributed by atoms with Gasteiger partial charge in [0.05, 0.1) is 4.88 Å². The molecule has 1 fully saturated rings. The second-order valence-electron chi connectivity index (χ2n) is 7.22. The van der Waals surface area contributed by atoms with Crippen LogP contribution in [-0.2, 0) is 0 Å². The fraction of sp³-hybridized carbons (Fsp3) is 0.174. The van der Waals surface area contributed by atoms with Crippen LogP contribution in [0.25, 0.3) is 0 Å². The van der Waals surface area contributed by atoms with Gasteiger partial charge < -0.3 is 15.1 Å². The van der Waals surface area contributed by atoms with E-state index in [0.29, 0.717) is 18.7 Å². The number of thiocarbonyl (C=S) groups is 1. The Labute approximate surface area is 209 Å². The number of nitrogens with zero attached hydrogens (tertiary/aromatic N) is 2. The van der Waals surface area contributed by atoms with E-state index in [1.807, 2.05) is 58.8 Å². The van der Waals surface area contributed by atoms with Crippen LogP contribution in [0.2, 0.25) is 0 Å². The van der Waals surface area contributed by atoms with Crippen LogP contribution in [0.4, 0.5) is 11.4 Å². The molecular formula is C23H21IN4O2S2. The van der Waals surface area contributed by atoms with Gasteiger partial charge in [0.25, 0.3) is 11.8 Å². The Morgan fingerprint density at radius 1 is 0.969 bits per heavy atom. The first kappa shape index (κ1) is 22.7. The molecule has 164 valence electrons. The largest absolute Gasteiger partial charge is 0.368 e. The minimum atomic E-state index is -0.243. The second kappa shape index (κ2) is 10.4. The van der Waals surface area contributed by atoms with Crippen molar-refractivity contribution >= 4 is 74.4 Å². The Bertz CT molecular complexity index is 1110. The summed E-state index contributed by atoms with van der Waals surface area (Å²) in [4.78, 5) is 29.8. The smallest absolute Gasteiger partial charge is 0.264 e. The Morgan fingerprint density at radius 2 is 1.72 bits per heavy atom. The molecule has 2 heterocycles. The predicted octanol–water partition coefficient (Wildman–Crippen LogP) is 4.44. The van der Waals surface area contributed by atoms with E-state index in [0.717, 1.165) is 32.9 Å². The highest BCUT2D eigenvalue weighted by Gasteiger charge is 2.22. The first-order valence-corrected chi connectivity index (χ1v) is 12.4. The van der Waals surface area contributed by atoms with Gasteiger partial charge in [0.15, 0.2) is 5.11 Å². The van der Waals surface area contributed by atoms with Crippen LogP contribution in [0.5, 0.6) is 0 Å². The number of amides is 2. The van der Waals surface area contributed by atoms with E-state index in [2.05, 4.69) is 38.1 Å². The van der Waals surface area contributed by atoms with Crippen molar-refractivity contribution in [2.24, 2.45) is 0 Å². The molecule has 2 N–H and O–H groups in total. The molecule has 0 saturated carbocycles. The van der Waals surface area contributed by atoms with Gasteiger partial charge in [0, 0.05) is 46.7 Å². The average Bonchev–Trinajstić information content (AvgIpc) is 3.34. The first-order valence-electron chi connectivity index (χ1n) is 10.1. The van der Waals surface area contributed by atoms with E-state index >= 15 is 0 Å². The highest BCUT2D eigenvalue weighted by molar-refractivity contribution is 14.1. The molecule has 9 heteroatoms. The molecule has 0 unspecified atom stereocenters. The fourth-order valence-electron chi connectivity index (χ4n) is 3.45. The maximum atomic E-state index is 12.5. The van der Waals surface area contributed by atoms with Gasteiger partial charge in [0.1, 0.15) is 0 Å². The van der Waals surface area contributed by atoms with Crippen LogP contribution in [0.15, 0.2) is 66.0 Å². The van der Waals surface area contributed by atoms with E-state index < -0.39 is 0 Å². The number of halogens is 1. The lowest BCUT2D eigenvalue weighted by Crippen LogP contribution is -2.48. The van der Waals surface area contributed by atoms with E-state index in [-0.39, 0.29) is 16.9 Å². The number of hydrogen-bond acceptors (Lipinski definition) is 5. The first-order chi connectivity index (χ1) is 15.5. The summed E-state index contributed by atoms with van der Waals surface area (Å²) in [5.41, 5.74) is 2.45. The average molecular weight is 576 g/mol. The van der Waals surface area contributed by atoms with Crippen LogP contribution in [-0.4, -0.2) is 48.0 Å². The minimum absolute atomic E-state index is 0.111. The van der Waals surface area contributed by atoms with E-state index in [9.17, 15) is 9.59 Å². The zero-order chi connectivity index (χ0) is 22.5. The number of nitrogens with one attached hydrogen (secondary N) is 2. The molecule has 32 heavy (non-hydrogen) atoms. The van der Waals surface area contributed by atoms with E-state index in [1.165, 1.54) is 11.3 Å². The van der Waals surface area contributed by atoms with Crippen molar-refractivity contribution in [2.75, 3.05) is 36.4 Å². The highest BCUT2D eigenvalue weighted by Crippen LogP contribution is 2.21. The minimum Gasteiger partial charge on any atom is -0.368 e. The third-order valence-electron chi connectivity index (χ3n) is 5.10. The van der Waals surface area contributed by atoms with Gasteiger partial charge in [-0.15, -0.1) is 11.3 Å². The summed E-state index contributed by atoms with van der Waals surface area (Å²) >= 11 is 8.93. The zero-order valence-corrected chi connectivity index (χ0v) is 20.9. The number of anilines is 2. The van der Waals surface area contributed by atoms with Crippen LogP contribution in [0.1, 0.15) is 20.0 Å². The van der Waals surface area contributed by atoms with E-state index in [4.69, 9.17) is 12.2 Å². The SMILES string of the molecule is O=C(NC(=S)Nc1ccc(N2CCN(C(=O)c3cccs3)CC2)cc1)c1cccc(I)c1. The Kier molecular flexibility index (Phi) is 7.38. The summed E-state index contributed by atoms with van der Waals surface area (Å²) in [6.45, 7) is 2.97. The molecule has 2 aromatic carbocycles. The van der Waals surface area contributed by atoms with Crippen molar-refractivity contribution in [3.8, 4) is 0 Å². The standard InChI is InChI=1S/C23H21IN4O2S2/c24-17-4-1-3-16(15-17)21(29)26-23(31)25-18-6-8-19(9-7-18)27-10-12-28(13-11-27)22(30)20-5-2-14-32-20/h1-9,14-15H,10-13H2,(H2,25,26,29,31). The number of thiophene rings is 1. The van der Waals surface area contributed by atoms with Crippen molar-refractivity contribution in [3.63, 3.8) is 0 Å². The van der Waals surface area contributed by atoms with Crippen LogP contribution < -0.4 is 15.5 Å². The van der Waals surface area contributed by atoms with Gasteiger partial charge in [-0.1, -0.05) is 12.1 Å². The number of rotatable bonds is 4. The molecule has 0 spiro atoms. The lowest BCUT2D eigenvalue weighted by Gasteiger charge is -2.36. The normalized spacial score (nSPS) is 13.5. The molecule has 0 atom stereocenters. The molecule has 2 amide bonds.